The van der Waals surface area contributed by atoms with Crippen molar-refractivity contribution < 1.29 is 19.1 Å². The average Bonchev–Trinajstić information content (AvgIpc) is 2.66. The first-order valence-electron chi connectivity index (χ1n) is 5.67. The van der Waals surface area contributed by atoms with Crippen LogP contribution in [0.4, 0.5) is 5.13 Å². The van der Waals surface area contributed by atoms with Crippen LogP contribution >= 0.6 is 18.9 Å². The van der Waals surface area contributed by atoms with E-state index in [-0.39, 0.29) is 0 Å². The predicted molar refractivity (Wildman–Crippen MR) is 75.7 cm³/mol. The molecule has 0 amide bonds. The lowest BCUT2D eigenvalue weighted by Gasteiger charge is -2.11. The molecule has 0 spiro atoms. The molecule has 0 saturated heterocycles. The van der Waals surface area contributed by atoms with Crippen molar-refractivity contribution in [2.24, 2.45) is 0 Å². The van der Waals surface area contributed by atoms with Crippen molar-refractivity contribution in [3.8, 4) is 5.75 Å². The molecule has 0 bridgehead atoms. The van der Waals surface area contributed by atoms with Gasteiger partial charge in [-0.05, 0) is 30.5 Å². The van der Waals surface area contributed by atoms with E-state index in [1.807, 2.05) is 13.8 Å². The number of ether oxygens (including phenoxy) is 1. The Morgan fingerprint density at radius 1 is 1.53 bits per heavy atom. The number of fused-ring (bicyclic) bond motifs is 1. The zero-order valence-corrected chi connectivity index (χ0v) is 12.3. The molecule has 2 rings (SSSR count). The molecule has 0 aliphatic rings. The lowest BCUT2D eigenvalue weighted by molar-refractivity contribution is 0.302. The van der Waals surface area contributed by atoms with Crippen molar-refractivity contribution in [2.75, 3.05) is 12.1 Å². The second-order valence-corrected chi connectivity index (χ2v) is 6.81. The molecule has 0 aliphatic heterocycles. The average molecular weight is 302 g/mol. The number of aryl methyl sites for hydroxylation is 2. The van der Waals surface area contributed by atoms with Crippen molar-refractivity contribution in [1.82, 2.24) is 4.98 Å². The van der Waals surface area contributed by atoms with E-state index in [1.165, 1.54) is 11.3 Å². The van der Waals surface area contributed by atoms with Crippen LogP contribution in [0, 0.1) is 6.92 Å². The molecule has 6 nitrogen and oxygen atoms in total. The highest BCUT2D eigenvalue weighted by molar-refractivity contribution is 7.51. The van der Waals surface area contributed by atoms with Crippen LogP contribution in [-0.2, 0) is 11.0 Å². The Hall–Kier alpha value is -1.14. The summed E-state index contributed by atoms with van der Waals surface area (Å²) in [7, 11) is -4.21. The number of hydrogen-bond donors (Lipinski definition) is 3. The number of nitrogens with zero attached hydrogens (tertiary/aromatic N) is 1. The Labute approximate surface area is 114 Å². The maximum atomic E-state index is 10.9. The van der Waals surface area contributed by atoms with Crippen molar-refractivity contribution in [3.05, 3.63) is 17.2 Å². The van der Waals surface area contributed by atoms with Gasteiger partial charge in [0.05, 0.1) is 4.70 Å². The molecular weight excluding hydrogens is 287 g/mol. The van der Waals surface area contributed by atoms with Gasteiger partial charge in [0.1, 0.15) is 11.3 Å². The third kappa shape index (κ3) is 3.06. The summed E-state index contributed by atoms with van der Waals surface area (Å²) in [5.74, 6) is 0.362. The number of anilines is 1. The maximum Gasteiger partial charge on any atom is 0.362 e. The summed E-state index contributed by atoms with van der Waals surface area (Å²) in [6.45, 7) is 3.96. The smallest absolute Gasteiger partial charge is 0.362 e. The highest BCUT2D eigenvalue weighted by Gasteiger charge is 2.18. The van der Waals surface area contributed by atoms with E-state index in [0.29, 0.717) is 16.4 Å². The molecule has 1 aromatic heterocycles. The van der Waals surface area contributed by atoms with E-state index in [9.17, 15) is 4.57 Å². The van der Waals surface area contributed by atoms with Gasteiger partial charge >= 0.3 is 7.60 Å². The van der Waals surface area contributed by atoms with E-state index in [1.54, 1.807) is 6.07 Å². The Morgan fingerprint density at radius 3 is 2.79 bits per heavy atom. The number of rotatable bonds is 4. The zero-order chi connectivity index (χ0) is 14.2. The third-order valence-electron chi connectivity index (χ3n) is 2.72. The first-order chi connectivity index (χ1) is 8.81. The molecule has 0 unspecified atom stereocenters. The highest BCUT2D eigenvalue weighted by atomic mass is 32.1. The lowest BCUT2D eigenvalue weighted by Crippen LogP contribution is -2.00. The van der Waals surface area contributed by atoms with Crippen molar-refractivity contribution in [1.29, 1.82) is 0 Å². The summed E-state index contributed by atoms with van der Waals surface area (Å²) in [5, 5.41) is 0.413. The van der Waals surface area contributed by atoms with Gasteiger partial charge in [-0.15, -0.1) is 0 Å². The second kappa shape index (κ2) is 5.09. The SMILES string of the molecule is CCc1c(C)cc(OCP(=O)(O)O)c2nc(N)sc12. The largest absolute Gasteiger partial charge is 0.479 e. The van der Waals surface area contributed by atoms with Gasteiger partial charge < -0.3 is 20.3 Å². The molecule has 0 saturated carbocycles. The molecule has 0 aliphatic carbocycles. The first kappa shape index (κ1) is 14.3. The fourth-order valence-corrected chi connectivity index (χ4v) is 3.27. The zero-order valence-electron chi connectivity index (χ0n) is 10.6. The molecule has 1 heterocycles. The van der Waals surface area contributed by atoms with Crippen molar-refractivity contribution >= 4 is 34.3 Å². The van der Waals surface area contributed by atoms with E-state index in [2.05, 4.69) is 4.98 Å². The summed E-state index contributed by atoms with van der Waals surface area (Å²) in [4.78, 5) is 21.9. The number of thiazole rings is 1. The van der Waals surface area contributed by atoms with Gasteiger partial charge in [-0.3, -0.25) is 4.57 Å². The Morgan fingerprint density at radius 2 is 2.21 bits per heavy atom. The molecule has 0 atom stereocenters. The van der Waals surface area contributed by atoms with Crippen molar-refractivity contribution in [2.45, 2.75) is 20.3 Å². The molecule has 4 N–H and O–H groups in total. The summed E-state index contributed by atoms with van der Waals surface area (Å²) in [5.41, 5.74) is 8.41. The van der Waals surface area contributed by atoms with Crippen LogP contribution in [-0.4, -0.2) is 21.1 Å². The summed E-state index contributed by atoms with van der Waals surface area (Å²) < 4.78 is 17.0. The van der Waals surface area contributed by atoms with Crippen LogP contribution in [0.2, 0.25) is 0 Å². The predicted octanol–water partition coefficient (Wildman–Crippen LogP) is 2.26. The van der Waals surface area contributed by atoms with E-state index < -0.39 is 13.9 Å². The second-order valence-electron chi connectivity index (χ2n) is 4.19. The van der Waals surface area contributed by atoms with Gasteiger partial charge in [0, 0.05) is 0 Å². The van der Waals surface area contributed by atoms with Crippen LogP contribution in [0.3, 0.4) is 0 Å². The van der Waals surface area contributed by atoms with Gasteiger partial charge in [0.25, 0.3) is 0 Å². The fraction of sp³-hybridized carbons (Fsp3) is 0.364. The fourth-order valence-electron chi connectivity index (χ4n) is 1.94. The summed E-state index contributed by atoms with van der Waals surface area (Å²) in [6.07, 6.45) is 0.174. The molecule has 0 fully saturated rings. The van der Waals surface area contributed by atoms with E-state index in [4.69, 9.17) is 20.3 Å². The minimum atomic E-state index is -4.21. The molecular formula is C11H15N2O4PS. The van der Waals surface area contributed by atoms with Crippen LogP contribution in [0.1, 0.15) is 18.1 Å². The first-order valence-corrected chi connectivity index (χ1v) is 8.29. The van der Waals surface area contributed by atoms with Gasteiger partial charge in [0.2, 0.25) is 0 Å². The van der Waals surface area contributed by atoms with Gasteiger partial charge in [-0.1, -0.05) is 18.3 Å². The maximum absolute atomic E-state index is 10.9. The number of nitrogens with two attached hydrogens (primary N) is 1. The third-order valence-corrected chi connectivity index (χ3v) is 4.13. The monoisotopic (exact) mass is 302 g/mol. The van der Waals surface area contributed by atoms with Crippen LogP contribution < -0.4 is 10.5 Å². The molecule has 19 heavy (non-hydrogen) atoms. The molecule has 1 aromatic carbocycles. The van der Waals surface area contributed by atoms with Crippen LogP contribution in [0.15, 0.2) is 6.07 Å². The molecule has 8 heteroatoms. The summed E-state index contributed by atoms with van der Waals surface area (Å²) >= 11 is 1.36. The molecule has 2 aromatic rings. The van der Waals surface area contributed by atoms with E-state index >= 15 is 0 Å². The lowest BCUT2D eigenvalue weighted by atomic mass is 10.1. The minimum absolute atomic E-state index is 0.362. The molecule has 0 radical (unpaired) electrons. The highest BCUT2D eigenvalue weighted by Crippen LogP contribution is 2.39. The normalized spacial score (nSPS) is 12.0. The Bertz CT molecular complexity index is 664. The Balaban J connectivity index is 2.53. The number of nitrogen functional groups attached to an aromatic ring is 1. The summed E-state index contributed by atoms with van der Waals surface area (Å²) in [6, 6.07) is 1.75. The Kier molecular flexibility index (Phi) is 3.82. The van der Waals surface area contributed by atoms with Gasteiger partial charge in [-0.25, -0.2) is 4.98 Å². The van der Waals surface area contributed by atoms with E-state index in [0.717, 1.165) is 22.2 Å². The standard InChI is InChI=1S/C11H15N2O4PS/c1-3-7-6(2)4-8(17-5-18(14,15)16)9-10(7)19-11(12)13-9/h4H,3,5H2,1-2H3,(H2,12,13)(H2,14,15,16). The number of benzene rings is 1. The van der Waals surface area contributed by atoms with Crippen LogP contribution in [0.5, 0.6) is 5.75 Å². The van der Waals surface area contributed by atoms with Crippen molar-refractivity contribution in [3.63, 3.8) is 0 Å². The van der Waals surface area contributed by atoms with Gasteiger partial charge in [0.15, 0.2) is 11.5 Å². The van der Waals surface area contributed by atoms with Gasteiger partial charge in [-0.2, -0.15) is 0 Å². The minimum Gasteiger partial charge on any atom is -0.479 e. The number of hydrogen-bond acceptors (Lipinski definition) is 5. The quantitative estimate of drug-likeness (QED) is 0.748. The topological polar surface area (TPSA) is 106 Å². The molecule has 104 valence electrons. The number of aromatic nitrogens is 1. The van der Waals surface area contributed by atoms with Crippen LogP contribution in [0.25, 0.3) is 10.2 Å².